The van der Waals surface area contributed by atoms with Crippen molar-refractivity contribution in [2.75, 3.05) is 0 Å². The molecule has 118 valence electrons. The molecule has 3 N–H and O–H groups in total. The molecule has 0 aliphatic carbocycles. The van der Waals surface area contributed by atoms with E-state index in [-0.39, 0.29) is 11.8 Å². The number of phenolic OH excluding ortho intramolecular Hbond substituents is 1. The van der Waals surface area contributed by atoms with Gasteiger partial charge in [0.2, 0.25) is 0 Å². The molecule has 1 atom stereocenters. The number of halogens is 1. The Morgan fingerprint density at radius 2 is 1.95 bits per heavy atom. The average Bonchev–Trinajstić information content (AvgIpc) is 2.53. The van der Waals surface area contributed by atoms with Gasteiger partial charge in [-0.25, -0.2) is 0 Å². The van der Waals surface area contributed by atoms with Gasteiger partial charge in [-0.3, -0.25) is 0 Å². The van der Waals surface area contributed by atoms with E-state index in [2.05, 4.69) is 22.9 Å². The van der Waals surface area contributed by atoms with Gasteiger partial charge in [0.25, 0.3) is 0 Å². The molecule has 3 nitrogen and oxygen atoms in total. The van der Waals surface area contributed by atoms with E-state index >= 15 is 0 Å². The number of benzene rings is 2. The molecular formula is C18H22BrNO2. The van der Waals surface area contributed by atoms with E-state index in [1.54, 1.807) is 6.07 Å². The second-order valence-corrected chi connectivity index (χ2v) is 6.25. The molecule has 0 saturated heterocycles. The van der Waals surface area contributed by atoms with Crippen molar-refractivity contribution in [1.82, 2.24) is 0 Å². The zero-order chi connectivity index (χ0) is 15.9. The smallest absolute Gasteiger partial charge is 0.161 e. The van der Waals surface area contributed by atoms with E-state index in [0.29, 0.717) is 12.4 Å². The molecule has 0 aliphatic heterocycles. The Morgan fingerprint density at radius 1 is 1.23 bits per heavy atom. The maximum absolute atomic E-state index is 10.0. The van der Waals surface area contributed by atoms with Crippen LogP contribution in [0.1, 0.15) is 30.9 Å². The Labute approximate surface area is 140 Å². The second kappa shape index (κ2) is 8.20. The van der Waals surface area contributed by atoms with Crippen molar-refractivity contribution in [3.05, 3.63) is 58.1 Å². The summed E-state index contributed by atoms with van der Waals surface area (Å²) < 4.78 is 6.64. The van der Waals surface area contributed by atoms with Gasteiger partial charge in [0.1, 0.15) is 6.61 Å². The summed E-state index contributed by atoms with van der Waals surface area (Å²) in [4.78, 5) is 0. The molecule has 0 amide bonds. The molecule has 4 heteroatoms. The van der Waals surface area contributed by atoms with Gasteiger partial charge in [-0.1, -0.05) is 53.2 Å². The zero-order valence-electron chi connectivity index (χ0n) is 12.8. The molecule has 0 bridgehead atoms. The molecule has 0 aliphatic rings. The summed E-state index contributed by atoms with van der Waals surface area (Å²) in [6.45, 7) is 2.52. The highest BCUT2D eigenvalue weighted by Crippen LogP contribution is 2.34. The highest BCUT2D eigenvalue weighted by molar-refractivity contribution is 9.10. The van der Waals surface area contributed by atoms with E-state index in [9.17, 15) is 5.11 Å². The summed E-state index contributed by atoms with van der Waals surface area (Å²) >= 11 is 3.49. The lowest BCUT2D eigenvalue weighted by Gasteiger charge is -2.13. The van der Waals surface area contributed by atoms with E-state index in [0.717, 1.165) is 34.9 Å². The SMILES string of the molecule is CCC(N)CCc1cc(OCc2ccccc2)c(O)cc1Br. The lowest BCUT2D eigenvalue weighted by Crippen LogP contribution is -2.19. The molecule has 0 spiro atoms. The first-order valence-electron chi connectivity index (χ1n) is 7.53. The third-order valence-corrected chi connectivity index (χ3v) is 4.41. The van der Waals surface area contributed by atoms with Crippen molar-refractivity contribution in [3.63, 3.8) is 0 Å². The molecule has 0 saturated carbocycles. The molecule has 22 heavy (non-hydrogen) atoms. The van der Waals surface area contributed by atoms with Crippen LogP contribution in [-0.4, -0.2) is 11.1 Å². The van der Waals surface area contributed by atoms with Gasteiger partial charge in [0.15, 0.2) is 11.5 Å². The van der Waals surface area contributed by atoms with Crippen molar-refractivity contribution in [2.24, 2.45) is 5.73 Å². The van der Waals surface area contributed by atoms with Gasteiger partial charge in [0.05, 0.1) is 0 Å². The highest BCUT2D eigenvalue weighted by atomic mass is 79.9. The van der Waals surface area contributed by atoms with E-state index in [1.165, 1.54) is 0 Å². The molecule has 0 aromatic heterocycles. The third-order valence-electron chi connectivity index (χ3n) is 3.67. The van der Waals surface area contributed by atoms with Gasteiger partial charge in [-0.05, 0) is 42.5 Å². The minimum atomic E-state index is 0.145. The maximum atomic E-state index is 10.0. The molecular weight excluding hydrogens is 342 g/mol. The monoisotopic (exact) mass is 363 g/mol. The van der Waals surface area contributed by atoms with Gasteiger partial charge < -0.3 is 15.6 Å². The van der Waals surface area contributed by atoms with E-state index < -0.39 is 0 Å². The fraction of sp³-hybridized carbons (Fsp3) is 0.333. The average molecular weight is 364 g/mol. The number of hydrogen-bond donors (Lipinski definition) is 2. The van der Waals surface area contributed by atoms with Crippen molar-refractivity contribution in [1.29, 1.82) is 0 Å². The van der Waals surface area contributed by atoms with Gasteiger partial charge in [-0.15, -0.1) is 0 Å². The molecule has 2 aromatic rings. The van der Waals surface area contributed by atoms with Crippen LogP contribution in [0, 0.1) is 0 Å². The van der Waals surface area contributed by atoms with Gasteiger partial charge in [-0.2, -0.15) is 0 Å². The molecule has 0 fully saturated rings. The largest absolute Gasteiger partial charge is 0.504 e. The number of aryl methyl sites for hydroxylation is 1. The van der Waals surface area contributed by atoms with Crippen LogP contribution in [-0.2, 0) is 13.0 Å². The minimum absolute atomic E-state index is 0.145. The van der Waals surface area contributed by atoms with Crippen LogP contribution in [0.15, 0.2) is 46.9 Å². The molecule has 2 aromatic carbocycles. The van der Waals surface area contributed by atoms with Crippen molar-refractivity contribution in [2.45, 2.75) is 38.8 Å². The predicted octanol–water partition coefficient (Wildman–Crippen LogP) is 4.40. The zero-order valence-corrected chi connectivity index (χ0v) is 14.3. The predicted molar refractivity (Wildman–Crippen MR) is 93.2 cm³/mol. The van der Waals surface area contributed by atoms with Crippen LogP contribution in [0.4, 0.5) is 0 Å². The van der Waals surface area contributed by atoms with Gasteiger partial charge >= 0.3 is 0 Å². The van der Waals surface area contributed by atoms with Crippen molar-refractivity contribution in [3.8, 4) is 11.5 Å². The summed E-state index contributed by atoms with van der Waals surface area (Å²) in [5.41, 5.74) is 8.15. The lowest BCUT2D eigenvalue weighted by atomic mass is 10.0. The summed E-state index contributed by atoms with van der Waals surface area (Å²) in [5.74, 6) is 0.651. The number of aromatic hydroxyl groups is 1. The lowest BCUT2D eigenvalue weighted by molar-refractivity contribution is 0.288. The highest BCUT2D eigenvalue weighted by Gasteiger charge is 2.10. The number of ether oxygens (including phenoxy) is 1. The molecule has 0 heterocycles. The van der Waals surface area contributed by atoms with Crippen molar-refractivity contribution >= 4 is 15.9 Å². The Kier molecular flexibility index (Phi) is 6.28. The Hall–Kier alpha value is -1.52. The quantitative estimate of drug-likeness (QED) is 0.766. The fourth-order valence-electron chi connectivity index (χ4n) is 2.17. The molecule has 2 rings (SSSR count). The number of phenols is 1. The Morgan fingerprint density at radius 3 is 2.64 bits per heavy atom. The first kappa shape index (κ1) is 16.8. The van der Waals surface area contributed by atoms with Crippen LogP contribution in [0.25, 0.3) is 0 Å². The maximum Gasteiger partial charge on any atom is 0.161 e. The summed E-state index contributed by atoms with van der Waals surface area (Å²) in [5, 5.41) is 10.0. The number of rotatable bonds is 7. The van der Waals surface area contributed by atoms with Crippen LogP contribution in [0.2, 0.25) is 0 Å². The normalized spacial score (nSPS) is 12.1. The molecule has 0 radical (unpaired) electrons. The van der Waals surface area contributed by atoms with Crippen LogP contribution < -0.4 is 10.5 Å². The van der Waals surface area contributed by atoms with Crippen LogP contribution >= 0.6 is 15.9 Å². The van der Waals surface area contributed by atoms with E-state index in [4.69, 9.17) is 10.5 Å². The standard InChI is InChI=1S/C18H22BrNO2/c1-2-15(20)9-8-14-10-18(17(21)11-16(14)19)22-12-13-6-4-3-5-7-13/h3-7,10-11,15,21H,2,8-9,12,20H2,1H3. The first-order valence-corrected chi connectivity index (χ1v) is 8.33. The minimum Gasteiger partial charge on any atom is -0.504 e. The summed E-state index contributed by atoms with van der Waals surface area (Å²) in [7, 11) is 0. The molecule has 1 unspecified atom stereocenters. The Balaban J connectivity index is 2.07. The summed E-state index contributed by atoms with van der Waals surface area (Å²) in [6.07, 6.45) is 2.74. The Bertz CT molecular complexity index is 602. The second-order valence-electron chi connectivity index (χ2n) is 5.39. The number of hydrogen-bond acceptors (Lipinski definition) is 3. The summed E-state index contributed by atoms with van der Waals surface area (Å²) in [6, 6.07) is 13.7. The van der Waals surface area contributed by atoms with Gasteiger partial charge in [0, 0.05) is 10.5 Å². The first-order chi connectivity index (χ1) is 10.6. The van der Waals surface area contributed by atoms with E-state index in [1.807, 2.05) is 36.4 Å². The van der Waals surface area contributed by atoms with Crippen molar-refractivity contribution < 1.29 is 9.84 Å². The third kappa shape index (κ3) is 4.75. The fourth-order valence-corrected chi connectivity index (χ4v) is 2.70. The van der Waals surface area contributed by atoms with Crippen LogP contribution in [0.3, 0.4) is 0 Å². The topological polar surface area (TPSA) is 55.5 Å². The number of nitrogens with two attached hydrogens (primary N) is 1. The van der Waals surface area contributed by atoms with Crippen LogP contribution in [0.5, 0.6) is 11.5 Å².